The molecule has 2 nitrogen and oxygen atoms in total. The number of fused-ring (bicyclic) bond motifs is 1. The van der Waals surface area contributed by atoms with Crippen molar-refractivity contribution < 1.29 is 4.42 Å². The molecule has 1 heterocycles. The first kappa shape index (κ1) is 15.9. The van der Waals surface area contributed by atoms with Crippen molar-refractivity contribution in [3.8, 4) is 11.1 Å². The molecule has 0 aliphatic heterocycles. The van der Waals surface area contributed by atoms with Crippen molar-refractivity contribution in [1.82, 2.24) is 5.32 Å². The summed E-state index contributed by atoms with van der Waals surface area (Å²) in [5.41, 5.74) is 4.41. The van der Waals surface area contributed by atoms with Gasteiger partial charge in [-0.1, -0.05) is 41.4 Å². The lowest BCUT2D eigenvalue weighted by Crippen LogP contribution is -2.14. The van der Waals surface area contributed by atoms with Crippen LogP contribution in [0.25, 0.3) is 22.1 Å². The van der Waals surface area contributed by atoms with Gasteiger partial charge in [0.15, 0.2) is 0 Å². The first-order valence-corrected chi connectivity index (χ1v) is 8.16. The van der Waals surface area contributed by atoms with Crippen LogP contribution in [0.4, 0.5) is 0 Å². The first-order valence-electron chi connectivity index (χ1n) is 7.78. The molecule has 3 aromatic rings. The maximum absolute atomic E-state index is 6.10. The Balaban J connectivity index is 2.05. The average molecular weight is 326 g/mol. The van der Waals surface area contributed by atoms with Crippen LogP contribution >= 0.6 is 11.6 Å². The van der Waals surface area contributed by atoms with E-state index in [1.807, 2.05) is 36.4 Å². The summed E-state index contributed by atoms with van der Waals surface area (Å²) >= 11 is 6.03. The maximum atomic E-state index is 6.10. The lowest BCUT2D eigenvalue weighted by Gasteiger charge is -2.05. The molecule has 0 fully saturated rings. The Morgan fingerprint density at radius 3 is 2.70 bits per heavy atom. The third-order valence-corrected chi connectivity index (χ3v) is 4.11. The third kappa shape index (κ3) is 3.49. The van der Waals surface area contributed by atoms with Gasteiger partial charge in [-0.3, -0.25) is 0 Å². The average Bonchev–Trinajstić information content (AvgIpc) is 2.90. The molecule has 0 aliphatic rings. The largest absolute Gasteiger partial charge is 0.459 e. The molecule has 2 aromatic carbocycles. The number of rotatable bonds is 6. The molecule has 118 valence electrons. The fourth-order valence-electron chi connectivity index (χ4n) is 2.73. The minimum atomic E-state index is 0.694. The summed E-state index contributed by atoms with van der Waals surface area (Å²) < 4.78 is 6.10. The van der Waals surface area contributed by atoms with Crippen molar-refractivity contribution in [1.29, 1.82) is 0 Å². The van der Waals surface area contributed by atoms with Crippen LogP contribution in [0.1, 0.15) is 17.7 Å². The molecule has 0 unspecified atom stereocenters. The zero-order valence-corrected chi connectivity index (χ0v) is 14.0. The number of benzene rings is 2. The lowest BCUT2D eigenvalue weighted by atomic mass is 10.0. The number of hydrogen-bond donors (Lipinski definition) is 1. The molecule has 1 aromatic heterocycles. The molecule has 23 heavy (non-hydrogen) atoms. The number of nitrogens with one attached hydrogen (secondary N) is 1. The molecule has 0 amide bonds. The van der Waals surface area contributed by atoms with E-state index in [9.17, 15) is 0 Å². The smallest absolute Gasteiger partial charge is 0.135 e. The van der Waals surface area contributed by atoms with Crippen LogP contribution in [-0.4, -0.2) is 6.54 Å². The van der Waals surface area contributed by atoms with Gasteiger partial charge in [0.25, 0.3) is 0 Å². The van der Waals surface area contributed by atoms with Crippen LogP contribution in [0.5, 0.6) is 0 Å². The van der Waals surface area contributed by atoms with Crippen molar-refractivity contribution in [2.75, 3.05) is 6.54 Å². The summed E-state index contributed by atoms with van der Waals surface area (Å²) in [5, 5.41) is 5.29. The SMILES string of the molecule is C=CCCNCc1oc2ccc(C)cc2c1-c1ccc(Cl)cc1. The minimum absolute atomic E-state index is 0.694. The normalized spacial score (nSPS) is 11.0. The molecule has 0 bridgehead atoms. The van der Waals surface area contributed by atoms with E-state index >= 15 is 0 Å². The summed E-state index contributed by atoms with van der Waals surface area (Å²) in [6, 6.07) is 14.2. The standard InChI is InChI=1S/C20H20ClNO/c1-3-4-11-22-13-19-20(15-6-8-16(21)9-7-15)17-12-14(2)5-10-18(17)23-19/h3,5-10,12,22H,1,4,11,13H2,2H3. The fourth-order valence-corrected chi connectivity index (χ4v) is 2.85. The van der Waals surface area contributed by atoms with Crippen LogP contribution in [0.3, 0.4) is 0 Å². The van der Waals surface area contributed by atoms with E-state index in [1.165, 1.54) is 5.56 Å². The van der Waals surface area contributed by atoms with Crippen LogP contribution in [0, 0.1) is 6.92 Å². The number of aryl methyl sites for hydroxylation is 1. The van der Waals surface area contributed by atoms with Crippen molar-refractivity contribution in [3.63, 3.8) is 0 Å². The highest BCUT2D eigenvalue weighted by atomic mass is 35.5. The zero-order valence-electron chi connectivity index (χ0n) is 13.2. The topological polar surface area (TPSA) is 25.2 Å². The van der Waals surface area contributed by atoms with Gasteiger partial charge in [-0.25, -0.2) is 0 Å². The Hall–Kier alpha value is -2.03. The van der Waals surface area contributed by atoms with E-state index in [1.54, 1.807) is 0 Å². The predicted molar refractivity (Wildman–Crippen MR) is 97.9 cm³/mol. The van der Waals surface area contributed by atoms with Crippen LogP contribution in [0.2, 0.25) is 5.02 Å². The molecule has 0 saturated carbocycles. The lowest BCUT2D eigenvalue weighted by molar-refractivity contribution is 0.518. The molecule has 3 rings (SSSR count). The monoisotopic (exact) mass is 325 g/mol. The summed E-state index contributed by atoms with van der Waals surface area (Å²) in [6.45, 7) is 7.43. The van der Waals surface area contributed by atoms with E-state index in [0.717, 1.165) is 45.8 Å². The molecule has 0 aliphatic carbocycles. The summed E-state index contributed by atoms with van der Waals surface area (Å²) in [7, 11) is 0. The Labute approximate surface area is 141 Å². The molecular formula is C20H20ClNO. The number of hydrogen-bond acceptors (Lipinski definition) is 2. The molecular weight excluding hydrogens is 306 g/mol. The molecule has 0 atom stereocenters. The zero-order chi connectivity index (χ0) is 16.2. The molecule has 3 heteroatoms. The minimum Gasteiger partial charge on any atom is -0.459 e. The quantitative estimate of drug-likeness (QED) is 0.462. The fraction of sp³-hybridized carbons (Fsp3) is 0.200. The van der Waals surface area contributed by atoms with E-state index < -0.39 is 0 Å². The van der Waals surface area contributed by atoms with Gasteiger partial charge in [-0.05, 0) is 49.7 Å². The van der Waals surface area contributed by atoms with Crippen molar-refractivity contribution in [2.45, 2.75) is 19.9 Å². The van der Waals surface area contributed by atoms with Gasteiger partial charge in [-0.2, -0.15) is 0 Å². The van der Waals surface area contributed by atoms with Gasteiger partial charge >= 0.3 is 0 Å². The number of furan rings is 1. The highest BCUT2D eigenvalue weighted by Crippen LogP contribution is 2.36. The Morgan fingerprint density at radius 1 is 1.17 bits per heavy atom. The first-order chi connectivity index (χ1) is 11.2. The second kappa shape index (κ2) is 7.03. The van der Waals surface area contributed by atoms with Gasteiger partial charge in [-0.15, -0.1) is 6.58 Å². The van der Waals surface area contributed by atoms with Gasteiger partial charge in [0.1, 0.15) is 11.3 Å². The third-order valence-electron chi connectivity index (χ3n) is 3.86. The molecule has 0 saturated heterocycles. The highest BCUT2D eigenvalue weighted by molar-refractivity contribution is 6.30. The van der Waals surface area contributed by atoms with E-state index in [-0.39, 0.29) is 0 Å². The van der Waals surface area contributed by atoms with Crippen molar-refractivity contribution in [2.24, 2.45) is 0 Å². The van der Waals surface area contributed by atoms with Crippen LogP contribution in [-0.2, 0) is 6.54 Å². The van der Waals surface area contributed by atoms with Gasteiger partial charge in [0, 0.05) is 16.0 Å². The number of halogens is 1. The van der Waals surface area contributed by atoms with Crippen LogP contribution in [0.15, 0.2) is 59.5 Å². The second-order valence-corrected chi connectivity index (χ2v) is 6.10. The summed E-state index contributed by atoms with van der Waals surface area (Å²) in [4.78, 5) is 0. The Kier molecular flexibility index (Phi) is 4.85. The maximum Gasteiger partial charge on any atom is 0.135 e. The molecule has 0 radical (unpaired) electrons. The van der Waals surface area contributed by atoms with E-state index in [0.29, 0.717) is 6.54 Å². The predicted octanol–water partition coefficient (Wildman–Crippen LogP) is 5.73. The van der Waals surface area contributed by atoms with Gasteiger partial charge in [0.2, 0.25) is 0 Å². The Morgan fingerprint density at radius 2 is 1.96 bits per heavy atom. The van der Waals surface area contributed by atoms with Crippen LogP contribution < -0.4 is 5.32 Å². The van der Waals surface area contributed by atoms with E-state index in [4.69, 9.17) is 16.0 Å². The van der Waals surface area contributed by atoms with Crippen molar-refractivity contribution in [3.05, 3.63) is 71.5 Å². The molecule has 0 spiro atoms. The summed E-state index contributed by atoms with van der Waals surface area (Å²) in [5.74, 6) is 0.956. The molecule has 1 N–H and O–H groups in total. The van der Waals surface area contributed by atoms with Gasteiger partial charge < -0.3 is 9.73 Å². The van der Waals surface area contributed by atoms with Crippen molar-refractivity contribution >= 4 is 22.6 Å². The van der Waals surface area contributed by atoms with E-state index in [2.05, 4.69) is 31.0 Å². The van der Waals surface area contributed by atoms with Gasteiger partial charge in [0.05, 0.1) is 6.54 Å². The Bertz CT molecular complexity index is 818. The highest BCUT2D eigenvalue weighted by Gasteiger charge is 2.15. The second-order valence-electron chi connectivity index (χ2n) is 5.66. The summed E-state index contributed by atoms with van der Waals surface area (Å²) in [6.07, 6.45) is 2.85.